The third kappa shape index (κ3) is 6.73. The third-order valence-electron chi connectivity index (χ3n) is 4.29. The van der Waals surface area contributed by atoms with Gasteiger partial charge in [-0.3, -0.25) is 10.1 Å². The smallest absolute Gasteiger partial charge is 0.277 e. The van der Waals surface area contributed by atoms with E-state index in [4.69, 9.17) is 11.6 Å². The fourth-order valence-electron chi connectivity index (χ4n) is 2.73. The predicted molar refractivity (Wildman–Crippen MR) is 132 cm³/mol. The van der Waals surface area contributed by atoms with Gasteiger partial charge >= 0.3 is 0 Å². The minimum Gasteiger partial charge on any atom is -0.295 e. The van der Waals surface area contributed by atoms with Crippen LogP contribution in [0, 0.1) is 12.7 Å². The summed E-state index contributed by atoms with van der Waals surface area (Å²) in [5.74, 6) is 0.535. The average molecular weight is 518 g/mol. The average Bonchev–Trinajstić information content (AvgIpc) is 3.25. The van der Waals surface area contributed by atoms with E-state index in [0.717, 1.165) is 11.1 Å². The molecule has 0 saturated carbocycles. The van der Waals surface area contributed by atoms with E-state index in [1.165, 1.54) is 58.8 Å². The van der Waals surface area contributed by atoms with Crippen molar-refractivity contribution in [2.45, 2.75) is 27.9 Å². The number of nitrogens with one attached hydrogen (secondary N) is 1. The van der Waals surface area contributed by atoms with E-state index in [1.807, 2.05) is 25.1 Å². The van der Waals surface area contributed by atoms with Gasteiger partial charge in [-0.05, 0) is 30.2 Å². The number of benzene rings is 2. The van der Waals surface area contributed by atoms with Crippen molar-refractivity contribution < 1.29 is 9.18 Å². The summed E-state index contributed by atoms with van der Waals surface area (Å²) in [6, 6.07) is 14.4. The van der Waals surface area contributed by atoms with Crippen molar-refractivity contribution in [3.63, 3.8) is 0 Å². The number of rotatable bonds is 8. The third-order valence-corrected chi connectivity index (χ3v) is 7.54. The number of thioether (sulfide) groups is 2. The fourth-order valence-corrected chi connectivity index (χ4v) is 5.37. The van der Waals surface area contributed by atoms with Crippen molar-refractivity contribution >= 4 is 57.5 Å². The van der Waals surface area contributed by atoms with Crippen LogP contribution >= 0.6 is 46.5 Å². The lowest BCUT2D eigenvalue weighted by molar-refractivity contribution is 0.102. The normalized spacial score (nSPS) is 10.9. The molecule has 1 N–H and O–H groups in total. The van der Waals surface area contributed by atoms with Crippen molar-refractivity contribution in [3.8, 4) is 0 Å². The quantitative estimate of drug-likeness (QED) is 0.168. The maximum Gasteiger partial charge on any atom is 0.277 e. The van der Waals surface area contributed by atoms with Crippen molar-refractivity contribution in [3.05, 3.63) is 88.0 Å². The lowest BCUT2D eigenvalue weighted by atomic mass is 10.2. The molecule has 4 aromatic rings. The van der Waals surface area contributed by atoms with Crippen LogP contribution in [0.5, 0.6) is 0 Å². The number of anilines is 1. The highest BCUT2D eigenvalue weighted by Gasteiger charge is 2.17. The topological polar surface area (TPSA) is 80.7 Å². The van der Waals surface area contributed by atoms with Gasteiger partial charge in [0.05, 0.1) is 11.2 Å². The van der Waals surface area contributed by atoms with E-state index in [-0.39, 0.29) is 16.5 Å². The van der Waals surface area contributed by atoms with Crippen LogP contribution in [0.25, 0.3) is 0 Å². The number of aromatic nitrogens is 4. The zero-order chi connectivity index (χ0) is 23.2. The number of amides is 1. The molecule has 2 aromatic carbocycles. The van der Waals surface area contributed by atoms with Crippen molar-refractivity contribution in [2.24, 2.45) is 0 Å². The SMILES string of the molecule is Cc1cccc(CSc2ncc(Cl)c(C(=O)Nc3nnc(SCc4ccc(F)cc4)s3)n2)c1. The molecule has 0 aliphatic rings. The molecule has 2 aromatic heterocycles. The molecular weight excluding hydrogens is 501 g/mol. The Bertz CT molecular complexity index is 1270. The second-order valence-electron chi connectivity index (χ2n) is 6.87. The number of carbonyl (C=O) groups is 1. The van der Waals surface area contributed by atoms with Gasteiger partial charge in [0.1, 0.15) is 5.82 Å². The molecule has 33 heavy (non-hydrogen) atoms. The first-order valence-electron chi connectivity index (χ1n) is 9.69. The number of halogens is 2. The summed E-state index contributed by atoms with van der Waals surface area (Å²) in [7, 11) is 0. The summed E-state index contributed by atoms with van der Waals surface area (Å²) < 4.78 is 13.7. The van der Waals surface area contributed by atoms with Gasteiger partial charge in [-0.15, -0.1) is 10.2 Å². The lowest BCUT2D eigenvalue weighted by Gasteiger charge is -2.06. The van der Waals surface area contributed by atoms with Crippen molar-refractivity contribution in [1.82, 2.24) is 20.2 Å². The van der Waals surface area contributed by atoms with E-state index in [2.05, 4.69) is 31.5 Å². The molecule has 0 fully saturated rings. The van der Waals surface area contributed by atoms with Gasteiger partial charge in [0.2, 0.25) is 5.13 Å². The highest BCUT2D eigenvalue weighted by molar-refractivity contribution is 8.00. The Balaban J connectivity index is 1.36. The van der Waals surface area contributed by atoms with Gasteiger partial charge in [0.15, 0.2) is 15.2 Å². The maximum absolute atomic E-state index is 13.0. The molecule has 4 rings (SSSR count). The van der Waals surface area contributed by atoms with E-state index in [9.17, 15) is 9.18 Å². The minimum absolute atomic E-state index is 0.0779. The van der Waals surface area contributed by atoms with E-state index >= 15 is 0 Å². The van der Waals surface area contributed by atoms with Gasteiger partial charge in [-0.2, -0.15) is 0 Å². The van der Waals surface area contributed by atoms with Gasteiger partial charge in [0.25, 0.3) is 5.91 Å². The first-order chi connectivity index (χ1) is 16.0. The lowest BCUT2D eigenvalue weighted by Crippen LogP contribution is -2.15. The van der Waals surface area contributed by atoms with Crippen LogP contribution in [0.4, 0.5) is 9.52 Å². The maximum atomic E-state index is 13.0. The molecule has 0 bridgehead atoms. The summed E-state index contributed by atoms with van der Waals surface area (Å²) in [4.78, 5) is 21.3. The summed E-state index contributed by atoms with van der Waals surface area (Å²) in [6.45, 7) is 2.04. The molecule has 0 aliphatic heterocycles. The van der Waals surface area contributed by atoms with Crippen LogP contribution in [0.15, 0.2) is 64.2 Å². The number of nitrogens with zero attached hydrogens (tertiary/aromatic N) is 4. The Morgan fingerprint density at radius 2 is 1.88 bits per heavy atom. The minimum atomic E-state index is -0.481. The van der Waals surface area contributed by atoms with Crippen LogP contribution in [-0.2, 0) is 11.5 Å². The molecule has 168 valence electrons. The second kappa shape index (κ2) is 11.1. The molecule has 0 aliphatic carbocycles. The van der Waals surface area contributed by atoms with Crippen LogP contribution in [0.1, 0.15) is 27.2 Å². The number of hydrogen-bond acceptors (Lipinski definition) is 8. The van der Waals surface area contributed by atoms with E-state index in [1.54, 1.807) is 12.1 Å². The Hall–Kier alpha value is -2.53. The van der Waals surface area contributed by atoms with E-state index < -0.39 is 5.91 Å². The molecular formula is C22H17ClFN5OS3. The molecule has 11 heteroatoms. The molecule has 0 unspecified atom stereocenters. The Labute approximate surface area is 207 Å². The summed E-state index contributed by atoms with van der Waals surface area (Å²) in [6.07, 6.45) is 1.42. The van der Waals surface area contributed by atoms with Gasteiger partial charge in [-0.25, -0.2) is 14.4 Å². The van der Waals surface area contributed by atoms with Crippen LogP contribution < -0.4 is 5.32 Å². The number of aryl methyl sites for hydroxylation is 1. The Morgan fingerprint density at radius 3 is 2.67 bits per heavy atom. The molecule has 2 heterocycles. The highest BCUT2D eigenvalue weighted by atomic mass is 35.5. The molecule has 1 amide bonds. The number of carbonyl (C=O) groups excluding carboxylic acids is 1. The monoisotopic (exact) mass is 517 g/mol. The van der Waals surface area contributed by atoms with Crippen molar-refractivity contribution in [1.29, 1.82) is 0 Å². The highest BCUT2D eigenvalue weighted by Crippen LogP contribution is 2.29. The molecule has 6 nitrogen and oxygen atoms in total. The van der Waals surface area contributed by atoms with Crippen LogP contribution in [0.2, 0.25) is 5.02 Å². The zero-order valence-corrected chi connectivity index (χ0v) is 20.5. The number of hydrogen-bond donors (Lipinski definition) is 1. The van der Waals surface area contributed by atoms with E-state index in [0.29, 0.717) is 26.1 Å². The molecule has 0 spiro atoms. The second-order valence-corrected chi connectivity index (χ2v) is 10.4. The zero-order valence-electron chi connectivity index (χ0n) is 17.3. The molecule has 0 saturated heterocycles. The summed E-state index contributed by atoms with van der Waals surface area (Å²) >= 11 is 10.3. The standard InChI is InChI=1S/C22H17ClFN5OS3/c1-13-3-2-4-15(9-13)12-31-20-25-10-17(23)18(26-20)19(30)27-21-28-29-22(33-21)32-11-14-5-7-16(24)8-6-14/h2-10H,11-12H2,1H3,(H,27,28,30). The van der Waals surface area contributed by atoms with Crippen LogP contribution in [0.3, 0.4) is 0 Å². The van der Waals surface area contributed by atoms with Crippen molar-refractivity contribution in [2.75, 3.05) is 5.32 Å². The summed E-state index contributed by atoms with van der Waals surface area (Å²) in [5, 5.41) is 11.7. The van der Waals surface area contributed by atoms with Gasteiger partial charge in [-0.1, -0.05) is 88.4 Å². The Morgan fingerprint density at radius 1 is 1.09 bits per heavy atom. The largest absolute Gasteiger partial charge is 0.295 e. The predicted octanol–water partition coefficient (Wildman–Crippen LogP) is 6.27. The van der Waals surface area contributed by atoms with Gasteiger partial charge in [0, 0.05) is 11.5 Å². The molecule has 0 atom stereocenters. The Kier molecular flexibility index (Phi) is 7.92. The summed E-state index contributed by atoms with van der Waals surface area (Å²) in [5.41, 5.74) is 3.36. The molecule has 0 radical (unpaired) electrons. The first-order valence-corrected chi connectivity index (χ1v) is 12.9. The first kappa shape index (κ1) is 23.6. The fraction of sp³-hybridized carbons (Fsp3) is 0.136. The van der Waals surface area contributed by atoms with Crippen LogP contribution in [-0.4, -0.2) is 26.1 Å². The van der Waals surface area contributed by atoms with Gasteiger partial charge < -0.3 is 0 Å².